The van der Waals surface area contributed by atoms with Crippen molar-refractivity contribution < 1.29 is 9.53 Å². The summed E-state index contributed by atoms with van der Waals surface area (Å²) in [6, 6.07) is 12.9. The van der Waals surface area contributed by atoms with Crippen LogP contribution in [0.2, 0.25) is 0 Å². The number of para-hydroxylation sites is 1. The molecule has 0 fully saturated rings. The van der Waals surface area contributed by atoms with Crippen molar-refractivity contribution >= 4 is 16.8 Å². The Morgan fingerprint density at radius 1 is 1.05 bits per heavy atom. The van der Waals surface area contributed by atoms with Crippen LogP contribution in [0.15, 0.2) is 48.8 Å². The van der Waals surface area contributed by atoms with E-state index in [-0.39, 0.29) is 0 Å². The number of rotatable bonds is 3. The molecule has 2 N–H and O–H groups in total. The van der Waals surface area contributed by atoms with Crippen molar-refractivity contribution in [1.82, 2.24) is 9.97 Å². The Morgan fingerprint density at radius 3 is 2.57 bits per heavy atom. The number of benzene rings is 2. The molecule has 2 aromatic carbocycles. The van der Waals surface area contributed by atoms with E-state index in [4.69, 9.17) is 10.5 Å². The number of nitrogens with zero attached hydrogens (tertiary/aromatic N) is 2. The van der Waals surface area contributed by atoms with E-state index in [1.807, 2.05) is 30.3 Å². The zero-order valence-electron chi connectivity index (χ0n) is 11.4. The van der Waals surface area contributed by atoms with Crippen LogP contribution in [-0.2, 0) is 0 Å². The molecule has 104 valence electrons. The molecule has 5 nitrogen and oxygen atoms in total. The monoisotopic (exact) mass is 279 g/mol. The highest BCUT2D eigenvalue weighted by Gasteiger charge is 2.14. The molecule has 1 aromatic heterocycles. The summed E-state index contributed by atoms with van der Waals surface area (Å²) in [7, 11) is 1.56. The number of ether oxygens (including phenoxy) is 1. The second-order valence-electron chi connectivity index (χ2n) is 4.49. The van der Waals surface area contributed by atoms with Gasteiger partial charge in [0, 0.05) is 11.1 Å². The van der Waals surface area contributed by atoms with Crippen LogP contribution in [0.3, 0.4) is 0 Å². The Morgan fingerprint density at radius 2 is 1.81 bits per heavy atom. The molecule has 3 rings (SSSR count). The summed E-state index contributed by atoms with van der Waals surface area (Å²) >= 11 is 0. The minimum atomic E-state index is -0.469. The maximum absolute atomic E-state index is 11.6. The van der Waals surface area contributed by atoms with Crippen molar-refractivity contribution in [3.8, 4) is 17.0 Å². The summed E-state index contributed by atoms with van der Waals surface area (Å²) in [6.45, 7) is 0. The van der Waals surface area contributed by atoms with Gasteiger partial charge in [0.15, 0.2) is 0 Å². The van der Waals surface area contributed by atoms with Gasteiger partial charge in [-0.1, -0.05) is 30.3 Å². The smallest absolute Gasteiger partial charge is 0.249 e. The number of primary amides is 1. The molecule has 0 aliphatic rings. The third kappa shape index (κ3) is 2.18. The van der Waals surface area contributed by atoms with Crippen molar-refractivity contribution in [2.75, 3.05) is 7.11 Å². The van der Waals surface area contributed by atoms with E-state index in [2.05, 4.69) is 9.97 Å². The fourth-order valence-corrected chi connectivity index (χ4v) is 2.38. The Labute approximate surface area is 121 Å². The molecule has 0 bridgehead atoms. The number of methoxy groups -OCH3 is 1. The predicted molar refractivity (Wildman–Crippen MR) is 80.0 cm³/mol. The van der Waals surface area contributed by atoms with E-state index < -0.39 is 5.91 Å². The maximum Gasteiger partial charge on any atom is 0.249 e. The Kier molecular flexibility index (Phi) is 3.23. The number of hydrogen-bond acceptors (Lipinski definition) is 4. The van der Waals surface area contributed by atoms with Gasteiger partial charge in [-0.15, -0.1) is 0 Å². The van der Waals surface area contributed by atoms with E-state index in [0.29, 0.717) is 11.4 Å². The molecule has 0 saturated heterocycles. The summed E-state index contributed by atoms with van der Waals surface area (Å²) in [5.41, 5.74) is 8.21. The number of aromatic nitrogens is 2. The molecule has 0 aliphatic heterocycles. The largest absolute Gasteiger partial charge is 0.480 e. The van der Waals surface area contributed by atoms with Gasteiger partial charge < -0.3 is 10.5 Å². The number of hydrogen-bond donors (Lipinski definition) is 1. The lowest BCUT2D eigenvalue weighted by Gasteiger charge is -2.10. The quantitative estimate of drug-likeness (QED) is 0.798. The molecule has 0 radical (unpaired) electrons. The predicted octanol–water partition coefficient (Wildman–Crippen LogP) is 2.40. The van der Waals surface area contributed by atoms with E-state index in [0.717, 1.165) is 22.0 Å². The lowest BCUT2D eigenvalue weighted by Crippen LogP contribution is -2.12. The standard InChI is InChI=1S/C16H13N3O2/c1-21-16-13-8-4-7-11(14(13)18-9-19-16)10-5-2-3-6-12(10)15(17)20/h2-9H,1H3,(H2,17,20). The molecule has 0 atom stereocenters. The number of fused-ring (bicyclic) bond motifs is 1. The van der Waals surface area contributed by atoms with Crippen molar-refractivity contribution in [2.24, 2.45) is 5.73 Å². The summed E-state index contributed by atoms with van der Waals surface area (Å²) in [6.07, 6.45) is 1.44. The molecule has 0 saturated carbocycles. The van der Waals surface area contributed by atoms with Crippen LogP contribution in [0.25, 0.3) is 22.0 Å². The summed E-state index contributed by atoms with van der Waals surface area (Å²) in [5.74, 6) is 0.0297. The third-order valence-corrected chi connectivity index (χ3v) is 3.30. The van der Waals surface area contributed by atoms with Crippen LogP contribution < -0.4 is 10.5 Å². The minimum absolute atomic E-state index is 0.461. The lowest BCUT2D eigenvalue weighted by molar-refractivity contribution is 0.100. The zero-order valence-corrected chi connectivity index (χ0v) is 11.4. The van der Waals surface area contributed by atoms with Gasteiger partial charge in [-0.25, -0.2) is 9.97 Å². The molecule has 0 unspecified atom stereocenters. The highest BCUT2D eigenvalue weighted by molar-refractivity contribution is 6.04. The Bertz CT molecular complexity index is 831. The third-order valence-electron chi connectivity index (χ3n) is 3.30. The van der Waals surface area contributed by atoms with Gasteiger partial charge >= 0.3 is 0 Å². The molecule has 21 heavy (non-hydrogen) atoms. The first-order valence-electron chi connectivity index (χ1n) is 6.39. The number of carbonyl (C=O) groups is 1. The van der Waals surface area contributed by atoms with Crippen LogP contribution in [0.5, 0.6) is 5.88 Å². The van der Waals surface area contributed by atoms with E-state index in [1.165, 1.54) is 6.33 Å². The molecular weight excluding hydrogens is 266 g/mol. The van der Waals surface area contributed by atoms with Crippen molar-refractivity contribution in [2.45, 2.75) is 0 Å². The average Bonchev–Trinajstić information content (AvgIpc) is 2.53. The van der Waals surface area contributed by atoms with Gasteiger partial charge in [-0.2, -0.15) is 0 Å². The van der Waals surface area contributed by atoms with E-state index in [1.54, 1.807) is 19.2 Å². The number of amides is 1. The Hall–Kier alpha value is -2.95. The SMILES string of the molecule is COc1ncnc2c(-c3ccccc3C(N)=O)cccc12. The Balaban J connectivity index is 2.34. The van der Waals surface area contributed by atoms with E-state index >= 15 is 0 Å². The highest BCUT2D eigenvalue weighted by Crippen LogP contribution is 2.32. The first kappa shape index (κ1) is 13.1. The second-order valence-corrected chi connectivity index (χ2v) is 4.49. The van der Waals surface area contributed by atoms with Crippen molar-refractivity contribution in [3.05, 3.63) is 54.4 Å². The molecule has 5 heteroatoms. The van der Waals surface area contributed by atoms with Gasteiger partial charge in [0.1, 0.15) is 6.33 Å². The molecule has 1 heterocycles. The number of nitrogens with two attached hydrogens (primary N) is 1. The normalized spacial score (nSPS) is 10.5. The molecule has 1 amide bonds. The van der Waals surface area contributed by atoms with E-state index in [9.17, 15) is 4.79 Å². The van der Waals surface area contributed by atoms with Gasteiger partial charge in [0.2, 0.25) is 11.8 Å². The minimum Gasteiger partial charge on any atom is -0.480 e. The fourth-order valence-electron chi connectivity index (χ4n) is 2.38. The van der Waals surface area contributed by atoms with Gasteiger partial charge in [0.05, 0.1) is 18.0 Å². The summed E-state index contributed by atoms with van der Waals surface area (Å²) < 4.78 is 5.25. The van der Waals surface area contributed by atoms with Gasteiger partial charge in [0.25, 0.3) is 0 Å². The number of carbonyl (C=O) groups excluding carboxylic acids is 1. The van der Waals surface area contributed by atoms with Crippen molar-refractivity contribution in [1.29, 1.82) is 0 Å². The molecule has 3 aromatic rings. The molecule has 0 spiro atoms. The summed E-state index contributed by atoms with van der Waals surface area (Å²) in [4.78, 5) is 20.0. The first-order chi connectivity index (χ1) is 10.2. The van der Waals surface area contributed by atoms with Crippen LogP contribution in [0, 0.1) is 0 Å². The van der Waals surface area contributed by atoms with Crippen molar-refractivity contribution in [3.63, 3.8) is 0 Å². The summed E-state index contributed by atoms with van der Waals surface area (Å²) in [5, 5.41) is 0.789. The fraction of sp³-hybridized carbons (Fsp3) is 0.0625. The van der Waals surface area contributed by atoms with Crippen LogP contribution >= 0.6 is 0 Å². The van der Waals surface area contributed by atoms with Gasteiger partial charge in [-0.05, 0) is 17.7 Å². The van der Waals surface area contributed by atoms with Crippen LogP contribution in [0.4, 0.5) is 0 Å². The zero-order chi connectivity index (χ0) is 14.8. The molecular formula is C16H13N3O2. The maximum atomic E-state index is 11.6. The highest BCUT2D eigenvalue weighted by atomic mass is 16.5. The topological polar surface area (TPSA) is 78.1 Å². The van der Waals surface area contributed by atoms with Gasteiger partial charge in [-0.3, -0.25) is 4.79 Å². The first-order valence-corrected chi connectivity index (χ1v) is 6.39. The lowest BCUT2D eigenvalue weighted by atomic mass is 9.97. The second kappa shape index (κ2) is 5.20. The van der Waals surface area contributed by atoms with Crippen LogP contribution in [-0.4, -0.2) is 23.0 Å². The average molecular weight is 279 g/mol. The molecule has 0 aliphatic carbocycles. The van der Waals surface area contributed by atoms with Crippen LogP contribution in [0.1, 0.15) is 10.4 Å².